The van der Waals surface area contributed by atoms with Gasteiger partial charge in [0.05, 0.1) is 20.4 Å². The summed E-state index contributed by atoms with van der Waals surface area (Å²) in [4.78, 5) is 45.6. The third-order valence-electron chi connectivity index (χ3n) is 3.57. The van der Waals surface area contributed by atoms with E-state index in [-0.39, 0.29) is 11.1 Å². The molecule has 120 valence electrons. The van der Waals surface area contributed by atoms with Gasteiger partial charge in [-0.15, -0.1) is 0 Å². The van der Waals surface area contributed by atoms with Crippen LogP contribution in [0, 0.1) is 20.2 Å². The molecule has 0 fully saturated rings. The molecule has 0 atom stereocenters. The van der Waals surface area contributed by atoms with Crippen LogP contribution in [0.5, 0.6) is 0 Å². The van der Waals surface area contributed by atoms with Gasteiger partial charge in [-0.25, -0.2) is 0 Å². The first kappa shape index (κ1) is 16.0. The van der Waals surface area contributed by atoms with Gasteiger partial charge >= 0.3 is 11.4 Å². The Morgan fingerprint density at radius 1 is 0.750 bits per heavy atom. The first-order chi connectivity index (χ1) is 11.3. The van der Waals surface area contributed by atoms with Crippen LogP contribution >= 0.6 is 23.2 Å². The number of rotatable bonds is 2. The highest BCUT2D eigenvalue weighted by Gasteiger charge is 2.45. The summed E-state index contributed by atoms with van der Waals surface area (Å²) in [6, 6.07) is 5.63. The summed E-state index contributed by atoms with van der Waals surface area (Å²) < 4.78 is 0. The zero-order valence-corrected chi connectivity index (χ0v) is 12.9. The fourth-order valence-electron chi connectivity index (χ4n) is 2.59. The number of halogens is 2. The van der Waals surface area contributed by atoms with E-state index in [0.717, 1.165) is 0 Å². The van der Waals surface area contributed by atoms with Crippen molar-refractivity contribution >= 4 is 46.1 Å². The summed E-state index contributed by atoms with van der Waals surface area (Å²) in [5, 5.41) is 21.2. The Labute approximate surface area is 142 Å². The summed E-state index contributed by atoms with van der Waals surface area (Å²) in [6.45, 7) is 0. The minimum absolute atomic E-state index is 0.00359. The van der Waals surface area contributed by atoms with Crippen LogP contribution in [0.4, 0.5) is 11.4 Å². The lowest BCUT2D eigenvalue weighted by molar-refractivity contribution is -0.422. The molecule has 3 rings (SSSR count). The lowest BCUT2D eigenvalue weighted by Crippen LogP contribution is -2.23. The van der Waals surface area contributed by atoms with Crippen LogP contribution in [0.3, 0.4) is 0 Å². The molecular formula is C14H4Cl2N2O6. The quantitative estimate of drug-likeness (QED) is 0.504. The number of nitrogens with zero attached hydrogens (tertiary/aromatic N) is 2. The molecule has 2 aromatic rings. The van der Waals surface area contributed by atoms with Crippen LogP contribution in [0.1, 0.15) is 31.8 Å². The molecule has 0 unspecified atom stereocenters. The molecule has 8 nitrogen and oxygen atoms in total. The van der Waals surface area contributed by atoms with Gasteiger partial charge in [0.15, 0.2) is 5.78 Å². The lowest BCUT2D eigenvalue weighted by Gasteiger charge is -2.18. The van der Waals surface area contributed by atoms with E-state index in [9.17, 15) is 29.8 Å². The van der Waals surface area contributed by atoms with E-state index >= 15 is 0 Å². The Morgan fingerprint density at radius 3 is 1.67 bits per heavy atom. The topological polar surface area (TPSA) is 120 Å². The van der Waals surface area contributed by atoms with Crippen LogP contribution in [-0.2, 0) is 0 Å². The van der Waals surface area contributed by atoms with E-state index in [2.05, 4.69) is 0 Å². The molecule has 0 spiro atoms. The first-order valence-corrected chi connectivity index (χ1v) is 7.05. The van der Waals surface area contributed by atoms with Crippen molar-refractivity contribution in [3.8, 4) is 0 Å². The van der Waals surface area contributed by atoms with Gasteiger partial charge in [0, 0.05) is 11.1 Å². The monoisotopic (exact) mass is 366 g/mol. The number of fused-ring (bicyclic) bond motifs is 2. The summed E-state index contributed by atoms with van der Waals surface area (Å²) in [5.41, 5.74) is -3.57. The Morgan fingerprint density at radius 2 is 1.21 bits per heavy atom. The highest BCUT2D eigenvalue weighted by Crippen LogP contribution is 2.47. The zero-order chi connectivity index (χ0) is 17.8. The summed E-state index contributed by atoms with van der Waals surface area (Å²) in [6.07, 6.45) is 0. The molecular weight excluding hydrogens is 363 g/mol. The molecule has 0 aliphatic heterocycles. The van der Waals surface area contributed by atoms with Gasteiger partial charge in [-0.3, -0.25) is 29.8 Å². The van der Waals surface area contributed by atoms with Crippen LogP contribution in [0.25, 0.3) is 0 Å². The molecule has 1 aliphatic rings. The fourth-order valence-corrected chi connectivity index (χ4v) is 3.11. The number of ketones is 2. The predicted molar refractivity (Wildman–Crippen MR) is 83.1 cm³/mol. The molecule has 0 radical (unpaired) electrons. The number of hydrogen-bond donors (Lipinski definition) is 0. The molecule has 2 aromatic carbocycles. The molecule has 10 heteroatoms. The number of carbonyl (C=O) groups excluding carboxylic acids is 2. The first-order valence-electron chi connectivity index (χ1n) is 6.29. The largest absolute Gasteiger partial charge is 0.366 e. The maximum Gasteiger partial charge on any atom is 0.366 e. The van der Waals surface area contributed by atoms with E-state index < -0.39 is 54.0 Å². The number of benzene rings is 2. The summed E-state index contributed by atoms with van der Waals surface area (Å²) >= 11 is 11.7. The molecule has 0 saturated carbocycles. The number of carbonyl (C=O) groups is 2. The highest BCUT2D eigenvalue weighted by atomic mass is 35.5. The minimum Gasteiger partial charge on any atom is -0.288 e. The van der Waals surface area contributed by atoms with Crippen LogP contribution in [-0.4, -0.2) is 21.4 Å². The Balaban J connectivity index is 2.54. The van der Waals surface area contributed by atoms with E-state index in [1.54, 1.807) is 0 Å². The van der Waals surface area contributed by atoms with Gasteiger partial charge in [-0.1, -0.05) is 47.5 Å². The maximum absolute atomic E-state index is 12.6. The molecule has 0 N–H and O–H groups in total. The number of nitro groups is 2. The number of hydrogen-bond acceptors (Lipinski definition) is 6. The predicted octanol–water partition coefficient (Wildman–Crippen LogP) is 3.59. The molecule has 0 amide bonds. The Hall–Kier alpha value is -2.84. The van der Waals surface area contributed by atoms with Crippen molar-refractivity contribution in [1.29, 1.82) is 0 Å². The van der Waals surface area contributed by atoms with E-state index in [4.69, 9.17) is 23.2 Å². The van der Waals surface area contributed by atoms with Crippen LogP contribution in [0.15, 0.2) is 24.3 Å². The van der Waals surface area contributed by atoms with Crippen molar-refractivity contribution in [2.45, 2.75) is 0 Å². The van der Waals surface area contributed by atoms with Crippen LogP contribution < -0.4 is 0 Å². The molecule has 0 bridgehead atoms. The zero-order valence-electron chi connectivity index (χ0n) is 11.4. The summed E-state index contributed by atoms with van der Waals surface area (Å²) in [5.74, 6) is -1.65. The fraction of sp³-hybridized carbons (Fsp3) is 0. The van der Waals surface area contributed by atoms with E-state index in [0.29, 0.717) is 0 Å². The molecule has 0 saturated heterocycles. The van der Waals surface area contributed by atoms with Crippen LogP contribution in [0.2, 0.25) is 10.0 Å². The molecule has 0 aromatic heterocycles. The lowest BCUT2D eigenvalue weighted by atomic mass is 9.83. The average molecular weight is 367 g/mol. The van der Waals surface area contributed by atoms with E-state index in [1.807, 2.05) is 0 Å². The Bertz CT molecular complexity index is 986. The second kappa shape index (κ2) is 5.36. The third kappa shape index (κ3) is 2.00. The SMILES string of the molecule is O=C1c2ccccc2C(=O)c2c1c(Cl)c(Cl)c([N+](=O)[O-])c2[N+](=O)[O-]. The normalized spacial score (nSPS) is 12.6. The Kier molecular flexibility index (Phi) is 3.58. The average Bonchev–Trinajstić information content (AvgIpc) is 2.53. The van der Waals surface area contributed by atoms with Gasteiger partial charge in [-0.2, -0.15) is 0 Å². The van der Waals surface area contributed by atoms with Crippen molar-refractivity contribution < 1.29 is 19.4 Å². The third-order valence-corrected chi connectivity index (χ3v) is 4.41. The van der Waals surface area contributed by atoms with Gasteiger partial charge in [-0.05, 0) is 0 Å². The minimum atomic E-state index is -1.14. The van der Waals surface area contributed by atoms with Gasteiger partial charge in [0.25, 0.3) is 0 Å². The van der Waals surface area contributed by atoms with Crippen molar-refractivity contribution in [1.82, 2.24) is 0 Å². The van der Waals surface area contributed by atoms with Gasteiger partial charge in [0.2, 0.25) is 5.78 Å². The van der Waals surface area contributed by atoms with E-state index in [1.165, 1.54) is 24.3 Å². The second-order valence-corrected chi connectivity index (χ2v) is 5.55. The number of nitro benzene ring substituents is 2. The van der Waals surface area contributed by atoms with Crippen molar-refractivity contribution in [3.63, 3.8) is 0 Å². The maximum atomic E-state index is 12.6. The highest BCUT2D eigenvalue weighted by molar-refractivity contribution is 6.48. The summed E-state index contributed by atoms with van der Waals surface area (Å²) in [7, 11) is 0. The van der Waals surface area contributed by atoms with Crippen molar-refractivity contribution in [2.24, 2.45) is 0 Å². The van der Waals surface area contributed by atoms with Gasteiger partial charge in [0.1, 0.15) is 10.6 Å². The molecule has 1 aliphatic carbocycles. The molecule has 0 heterocycles. The van der Waals surface area contributed by atoms with Crippen molar-refractivity contribution in [3.05, 3.63) is 76.8 Å². The second-order valence-electron chi connectivity index (χ2n) is 4.79. The smallest absolute Gasteiger partial charge is 0.288 e. The standard InChI is InChI=1S/C14H4Cl2N2O6/c15-9-7-8(11(17(21)22)12(10(9)16)18(23)24)14(20)6-4-2-1-3-5(6)13(7)19/h1-4H. The van der Waals surface area contributed by atoms with Crippen molar-refractivity contribution in [2.75, 3.05) is 0 Å². The molecule has 24 heavy (non-hydrogen) atoms. The van der Waals surface area contributed by atoms with Gasteiger partial charge < -0.3 is 0 Å².